The summed E-state index contributed by atoms with van der Waals surface area (Å²) in [5.41, 5.74) is 0. The van der Waals surface area contributed by atoms with E-state index < -0.39 is 26.0 Å². The van der Waals surface area contributed by atoms with Gasteiger partial charge in [0, 0.05) is 12.8 Å². The third-order valence-corrected chi connectivity index (χ3v) is 8.02. The number of aliphatic hydroxyl groups is 1. The van der Waals surface area contributed by atoms with E-state index in [4.69, 9.17) is 0 Å². The summed E-state index contributed by atoms with van der Waals surface area (Å²) in [6.07, 6.45) is 2.56. The molecule has 3 fully saturated rings. The van der Waals surface area contributed by atoms with E-state index in [0.717, 1.165) is 19.1 Å². The molecule has 1 saturated heterocycles. The standard InChI is InChI=1S/C12H21NO5S2/c1-19(15,16)3-2-4-20(17,18)13-7-9-5-8-6-10(9)11(13)12(8)14/h8-12,14H,2-7H2,1H3. The first-order chi connectivity index (χ1) is 9.19. The van der Waals surface area contributed by atoms with Gasteiger partial charge in [0.15, 0.2) is 0 Å². The molecule has 1 N–H and O–H groups in total. The zero-order chi connectivity index (χ0) is 14.7. The van der Waals surface area contributed by atoms with Gasteiger partial charge in [0.05, 0.1) is 23.7 Å². The Morgan fingerprint density at radius 3 is 2.40 bits per heavy atom. The summed E-state index contributed by atoms with van der Waals surface area (Å²) in [6.45, 7) is 0.504. The quantitative estimate of drug-likeness (QED) is 0.733. The van der Waals surface area contributed by atoms with Gasteiger partial charge in [-0.3, -0.25) is 0 Å². The third-order valence-electron chi connectivity index (χ3n) is 5.08. The smallest absolute Gasteiger partial charge is 0.214 e. The summed E-state index contributed by atoms with van der Waals surface area (Å²) in [5.74, 6) is 0.694. The molecule has 2 bridgehead atoms. The molecular weight excluding hydrogens is 302 g/mol. The van der Waals surface area contributed by atoms with Crippen molar-refractivity contribution in [3.8, 4) is 0 Å². The lowest BCUT2D eigenvalue weighted by Gasteiger charge is -2.28. The molecular formula is C12H21NO5S2. The van der Waals surface area contributed by atoms with Crippen LogP contribution in [-0.2, 0) is 19.9 Å². The van der Waals surface area contributed by atoms with E-state index in [9.17, 15) is 21.9 Å². The van der Waals surface area contributed by atoms with Crippen molar-refractivity contribution >= 4 is 19.9 Å². The number of sulfone groups is 1. The third kappa shape index (κ3) is 2.40. The summed E-state index contributed by atoms with van der Waals surface area (Å²) in [6, 6.07) is -0.262. The van der Waals surface area contributed by atoms with E-state index in [-0.39, 0.29) is 29.9 Å². The molecule has 0 spiro atoms. The topological polar surface area (TPSA) is 91.8 Å². The summed E-state index contributed by atoms with van der Waals surface area (Å²) in [5, 5.41) is 10.2. The largest absolute Gasteiger partial charge is 0.391 e. The van der Waals surface area contributed by atoms with Gasteiger partial charge in [-0.1, -0.05) is 0 Å². The van der Waals surface area contributed by atoms with Crippen LogP contribution in [0.2, 0.25) is 0 Å². The number of rotatable bonds is 5. The van der Waals surface area contributed by atoms with Crippen LogP contribution < -0.4 is 0 Å². The Bertz CT molecular complexity index is 597. The highest BCUT2D eigenvalue weighted by molar-refractivity contribution is 7.91. The van der Waals surface area contributed by atoms with Crippen LogP contribution in [0.15, 0.2) is 0 Å². The zero-order valence-electron chi connectivity index (χ0n) is 11.5. The minimum atomic E-state index is -3.47. The highest BCUT2D eigenvalue weighted by atomic mass is 32.2. The molecule has 0 aromatic heterocycles. The number of fused-ring (bicyclic) bond motifs is 1. The SMILES string of the molecule is CS(=O)(=O)CCCS(=O)(=O)N1CC2CC3CC2C1C3O. The van der Waals surface area contributed by atoms with Crippen molar-refractivity contribution in [1.82, 2.24) is 4.31 Å². The highest BCUT2D eigenvalue weighted by Crippen LogP contribution is 2.55. The number of aliphatic hydroxyl groups excluding tert-OH is 1. The summed E-state index contributed by atoms with van der Waals surface area (Å²) in [4.78, 5) is 0. The minimum absolute atomic E-state index is 0.108. The van der Waals surface area contributed by atoms with Gasteiger partial charge in [-0.15, -0.1) is 0 Å². The van der Waals surface area contributed by atoms with E-state index in [2.05, 4.69) is 0 Å². The Hall–Kier alpha value is -0.180. The predicted molar refractivity (Wildman–Crippen MR) is 74.3 cm³/mol. The van der Waals surface area contributed by atoms with E-state index in [1.54, 1.807) is 0 Å². The average molecular weight is 323 g/mol. The maximum Gasteiger partial charge on any atom is 0.214 e. The second-order valence-corrected chi connectivity index (χ2v) is 10.8. The first-order valence-electron chi connectivity index (χ1n) is 7.04. The lowest BCUT2D eigenvalue weighted by molar-refractivity contribution is 0.0731. The van der Waals surface area contributed by atoms with Crippen molar-refractivity contribution in [2.24, 2.45) is 17.8 Å². The van der Waals surface area contributed by atoms with Crippen LogP contribution in [0.4, 0.5) is 0 Å². The summed E-state index contributed by atoms with van der Waals surface area (Å²) < 4.78 is 48.4. The van der Waals surface area contributed by atoms with E-state index >= 15 is 0 Å². The lowest BCUT2D eigenvalue weighted by atomic mass is 9.88. The Morgan fingerprint density at radius 1 is 1.10 bits per heavy atom. The molecule has 0 radical (unpaired) electrons. The molecule has 2 aliphatic carbocycles. The molecule has 1 heterocycles. The first-order valence-corrected chi connectivity index (χ1v) is 10.7. The monoisotopic (exact) mass is 323 g/mol. The van der Waals surface area contributed by atoms with Crippen LogP contribution in [0, 0.1) is 17.8 Å². The number of sulfonamides is 1. The van der Waals surface area contributed by atoms with E-state index in [1.807, 2.05) is 0 Å². The molecule has 116 valence electrons. The van der Waals surface area contributed by atoms with Gasteiger partial charge in [0.25, 0.3) is 0 Å². The van der Waals surface area contributed by atoms with Crippen molar-refractivity contribution in [1.29, 1.82) is 0 Å². The first kappa shape index (κ1) is 14.7. The van der Waals surface area contributed by atoms with Crippen LogP contribution in [-0.4, -0.2) is 62.7 Å². The van der Waals surface area contributed by atoms with Crippen LogP contribution >= 0.6 is 0 Å². The van der Waals surface area contributed by atoms with Gasteiger partial charge in [-0.25, -0.2) is 16.8 Å². The van der Waals surface area contributed by atoms with Crippen LogP contribution in [0.25, 0.3) is 0 Å². The average Bonchev–Trinajstić information content (AvgIpc) is 2.86. The maximum atomic E-state index is 12.4. The minimum Gasteiger partial charge on any atom is -0.391 e. The second-order valence-electron chi connectivity index (χ2n) is 6.51. The zero-order valence-corrected chi connectivity index (χ0v) is 13.1. The molecule has 0 aromatic carbocycles. The maximum absolute atomic E-state index is 12.4. The number of hydrogen-bond acceptors (Lipinski definition) is 5. The van der Waals surface area contributed by atoms with Crippen molar-refractivity contribution in [2.45, 2.75) is 31.4 Å². The van der Waals surface area contributed by atoms with Crippen LogP contribution in [0.1, 0.15) is 19.3 Å². The predicted octanol–water partition coefficient (Wildman–Crippen LogP) is -0.548. The molecule has 3 rings (SSSR count). The second kappa shape index (κ2) is 4.66. The van der Waals surface area contributed by atoms with Crippen LogP contribution in [0.3, 0.4) is 0 Å². The van der Waals surface area contributed by atoms with Crippen molar-refractivity contribution in [3.63, 3.8) is 0 Å². The van der Waals surface area contributed by atoms with Gasteiger partial charge in [0.2, 0.25) is 10.0 Å². The molecule has 0 aromatic rings. The Kier molecular flexibility index (Phi) is 3.43. The normalized spacial score (nSPS) is 40.6. The van der Waals surface area contributed by atoms with Gasteiger partial charge >= 0.3 is 0 Å². The van der Waals surface area contributed by atoms with Crippen molar-refractivity contribution in [3.05, 3.63) is 0 Å². The van der Waals surface area contributed by atoms with Crippen molar-refractivity contribution in [2.75, 3.05) is 24.3 Å². The molecule has 6 nitrogen and oxygen atoms in total. The lowest BCUT2D eigenvalue weighted by Crippen LogP contribution is -2.44. The van der Waals surface area contributed by atoms with Gasteiger partial charge in [-0.05, 0) is 37.0 Å². The fourth-order valence-corrected chi connectivity index (χ4v) is 6.96. The fourth-order valence-electron chi connectivity index (χ4n) is 4.30. The van der Waals surface area contributed by atoms with Crippen molar-refractivity contribution < 1.29 is 21.9 Å². The Labute approximate surface area is 120 Å². The molecule has 5 unspecified atom stereocenters. The van der Waals surface area contributed by atoms with Gasteiger partial charge < -0.3 is 5.11 Å². The summed E-state index contributed by atoms with van der Waals surface area (Å²) in [7, 11) is -6.60. The summed E-state index contributed by atoms with van der Waals surface area (Å²) >= 11 is 0. The van der Waals surface area contributed by atoms with E-state index in [1.165, 1.54) is 4.31 Å². The molecule has 0 amide bonds. The number of hydrogen-bond donors (Lipinski definition) is 1. The van der Waals surface area contributed by atoms with Gasteiger partial charge in [-0.2, -0.15) is 4.31 Å². The Balaban J connectivity index is 1.70. The van der Waals surface area contributed by atoms with E-state index in [0.29, 0.717) is 18.4 Å². The highest BCUT2D eigenvalue weighted by Gasteiger charge is 2.61. The van der Waals surface area contributed by atoms with Gasteiger partial charge in [0.1, 0.15) is 9.84 Å². The molecule has 20 heavy (non-hydrogen) atoms. The molecule has 2 saturated carbocycles. The Morgan fingerprint density at radius 2 is 1.80 bits per heavy atom. The molecule has 3 aliphatic rings. The molecule has 1 aliphatic heterocycles. The molecule has 5 atom stereocenters. The fraction of sp³-hybridized carbons (Fsp3) is 1.00. The number of nitrogens with zero attached hydrogens (tertiary/aromatic N) is 1. The molecule has 8 heteroatoms. The van der Waals surface area contributed by atoms with Crippen LogP contribution in [0.5, 0.6) is 0 Å².